The molecule has 0 heterocycles. The monoisotopic (exact) mass is 511 g/mol. The van der Waals surface area contributed by atoms with E-state index in [1.165, 1.54) is 0 Å². The van der Waals surface area contributed by atoms with Crippen LogP contribution < -0.4 is 25.4 Å². The van der Waals surface area contributed by atoms with E-state index >= 15 is 0 Å². The fourth-order valence-corrected chi connectivity index (χ4v) is 3.61. The lowest BCUT2D eigenvalue weighted by Gasteiger charge is -2.14. The Labute approximate surface area is 220 Å². The molecule has 37 heavy (non-hydrogen) atoms. The lowest BCUT2D eigenvalue weighted by molar-refractivity contribution is 0.0971. The molecule has 0 aliphatic rings. The molecule has 7 nitrogen and oxygen atoms in total. The van der Waals surface area contributed by atoms with Gasteiger partial charge in [0.05, 0.1) is 5.56 Å². The van der Waals surface area contributed by atoms with Crippen molar-refractivity contribution in [3.8, 4) is 11.5 Å². The van der Waals surface area contributed by atoms with Crippen LogP contribution in [-0.2, 0) is 0 Å². The summed E-state index contributed by atoms with van der Waals surface area (Å²) in [6.45, 7) is 0.591. The molecule has 0 aliphatic heterocycles. The summed E-state index contributed by atoms with van der Waals surface area (Å²) in [4.78, 5) is 25.5. The Balaban J connectivity index is 1.31. The molecule has 4 rings (SSSR count). The summed E-state index contributed by atoms with van der Waals surface area (Å²) in [7, 11) is 0. The van der Waals surface area contributed by atoms with Crippen molar-refractivity contribution >= 4 is 40.5 Å². The number of benzene rings is 4. The van der Waals surface area contributed by atoms with Gasteiger partial charge in [0.25, 0.3) is 11.8 Å². The van der Waals surface area contributed by atoms with Gasteiger partial charge in [0, 0.05) is 16.9 Å². The minimum atomic E-state index is -0.421. The van der Waals surface area contributed by atoms with Gasteiger partial charge in [-0.2, -0.15) is 0 Å². The van der Waals surface area contributed by atoms with Crippen LogP contribution in [0, 0.1) is 0 Å². The summed E-state index contributed by atoms with van der Waals surface area (Å²) in [5.74, 6) is 0.483. The first kappa shape index (κ1) is 25.4. The molecule has 0 aromatic heterocycles. The standard InChI is InChI=1S/C29H25N3O4S/c33-27(30-22-11-3-1-4-12-22)21-10-9-13-23(20-21)31-29(37)32-28(34)25-16-7-8-17-26(25)36-19-18-35-24-14-5-2-6-15-24/h1-17,20H,18-19H2,(H,30,33)(H2,31,32,34,37). The van der Waals surface area contributed by atoms with Crippen LogP contribution in [0.5, 0.6) is 11.5 Å². The van der Waals surface area contributed by atoms with Crippen LogP contribution in [0.15, 0.2) is 109 Å². The van der Waals surface area contributed by atoms with E-state index in [1.54, 1.807) is 48.5 Å². The number of nitrogens with one attached hydrogen (secondary N) is 3. The summed E-state index contributed by atoms with van der Waals surface area (Å²) in [5.41, 5.74) is 2.04. The van der Waals surface area contributed by atoms with Gasteiger partial charge in [-0.05, 0) is 66.8 Å². The van der Waals surface area contributed by atoms with Crippen molar-refractivity contribution in [1.82, 2.24) is 5.32 Å². The van der Waals surface area contributed by atoms with E-state index in [2.05, 4.69) is 16.0 Å². The van der Waals surface area contributed by atoms with Crippen LogP contribution in [0.3, 0.4) is 0 Å². The second kappa shape index (κ2) is 12.9. The van der Waals surface area contributed by atoms with Crippen molar-refractivity contribution in [3.63, 3.8) is 0 Å². The molecule has 3 N–H and O–H groups in total. The van der Waals surface area contributed by atoms with Gasteiger partial charge in [-0.15, -0.1) is 0 Å². The van der Waals surface area contributed by atoms with Gasteiger partial charge in [0.1, 0.15) is 24.7 Å². The first-order valence-electron chi connectivity index (χ1n) is 11.6. The second-order valence-corrected chi connectivity index (χ2v) is 8.22. The molecule has 4 aromatic carbocycles. The Hall–Kier alpha value is -4.69. The zero-order valence-corrected chi connectivity index (χ0v) is 20.7. The van der Waals surface area contributed by atoms with Crippen molar-refractivity contribution in [1.29, 1.82) is 0 Å². The highest BCUT2D eigenvalue weighted by atomic mass is 32.1. The van der Waals surface area contributed by atoms with Gasteiger partial charge in [-0.1, -0.05) is 54.6 Å². The summed E-state index contributed by atoms with van der Waals surface area (Å²) < 4.78 is 11.4. The smallest absolute Gasteiger partial charge is 0.261 e. The summed E-state index contributed by atoms with van der Waals surface area (Å²) >= 11 is 5.33. The Morgan fingerprint density at radius 1 is 0.649 bits per heavy atom. The van der Waals surface area contributed by atoms with E-state index in [0.717, 1.165) is 5.75 Å². The molecular formula is C29H25N3O4S. The van der Waals surface area contributed by atoms with Gasteiger partial charge < -0.3 is 20.1 Å². The molecule has 0 spiro atoms. The SMILES string of the molecule is O=C(Nc1ccccc1)c1cccc(NC(=S)NC(=O)c2ccccc2OCCOc2ccccc2)c1. The number of anilines is 2. The van der Waals surface area contributed by atoms with Gasteiger partial charge in [0.2, 0.25) is 0 Å². The molecule has 0 saturated heterocycles. The van der Waals surface area contributed by atoms with Crippen LogP contribution in [-0.4, -0.2) is 30.1 Å². The van der Waals surface area contributed by atoms with Crippen molar-refractivity contribution in [2.24, 2.45) is 0 Å². The molecule has 0 aliphatic carbocycles. The third-order valence-corrected chi connectivity index (χ3v) is 5.33. The number of hydrogen-bond acceptors (Lipinski definition) is 5. The van der Waals surface area contributed by atoms with Crippen molar-refractivity contribution < 1.29 is 19.1 Å². The molecule has 186 valence electrons. The molecule has 4 aromatic rings. The molecule has 0 saturated carbocycles. The minimum absolute atomic E-state index is 0.0906. The van der Waals surface area contributed by atoms with Crippen LogP contribution in [0.1, 0.15) is 20.7 Å². The summed E-state index contributed by atoms with van der Waals surface area (Å²) in [6.07, 6.45) is 0. The maximum atomic E-state index is 12.9. The molecule has 0 unspecified atom stereocenters. The largest absolute Gasteiger partial charge is 0.490 e. The van der Waals surface area contributed by atoms with Crippen LogP contribution in [0.4, 0.5) is 11.4 Å². The highest BCUT2D eigenvalue weighted by Gasteiger charge is 2.14. The van der Waals surface area contributed by atoms with E-state index < -0.39 is 5.91 Å². The molecular weight excluding hydrogens is 486 g/mol. The molecule has 2 amide bonds. The van der Waals surface area contributed by atoms with E-state index in [0.29, 0.717) is 34.9 Å². The molecule has 0 atom stereocenters. The Kier molecular flexibility index (Phi) is 8.82. The summed E-state index contributed by atoms with van der Waals surface area (Å²) in [6, 6.07) is 32.3. The fraction of sp³-hybridized carbons (Fsp3) is 0.0690. The van der Waals surface area contributed by atoms with Crippen LogP contribution >= 0.6 is 12.2 Å². The molecule has 8 heteroatoms. The van der Waals surface area contributed by atoms with Gasteiger partial charge >= 0.3 is 0 Å². The van der Waals surface area contributed by atoms with Gasteiger partial charge in [-0.3, -0.25) is 14.9 Å². The quantitative estimate of drug-likeness (QED) is 0.202. The topological polar surface area (TPSA) is 88.7 Å². The van der Waals surface area contributed by atoms with Gasteiger partial charge in [0.15, 0.2) is 5.11 Å². The highest BCUT2D eigenvalue weighted by Crippen LogP contribution is 2.19. The number of para-hydroxylation sites is 3. The molecule has 0 bridgehead atoms. The number of ether oxygens (including phenoxy) is 2. The number of thiocarbonyl (C=S) groups is 1. The van der Waals surface area contributed by atoms with Gasteiger partial charge in [-0.25, -0.2) is 0 Å². The number of carbonyl (C=O) groups is 2. The van der Waals surface area contributed by atoms with Crippen molar-refractivity contribution in [2.45, 2.75) is 0 Å². The first-order valence-corrected chi connectivity index (χ1v) is 12.0. The fourth-order valence-electron chi connectivity index (χ4n) is 3.40. The average Bonchev–Trinajstić information content (AvgIpc) is 2.92. The normalized spacial score (nSPS) is 10.2. The lowest BCUT2D eigenvalue weighted by Crippen LogP contribution is -2.34. The maximum Gasteiger partial charge on any atom is 0.261 e. The number of amides is 2. The minimum Gasteiger partial charge on any atom is -0.490 e. The highest BCUT2D eigenvalue weighted by molar-refractivity contribution is 7.80. The van der Waals surface area contributed by atoms with E-state index in [-0.39, 0.29) is 17.6 Å². The zero-order valence-electron chi connectivity index (χ0n) is 19.8. The second-order valence-electron chi connectivity index (χ2n) is 7.82. The number of carbonyl (C=O) groups excluding carboxylic acids is 2. The Morgan fingerprint density at radius 3 is 2.08 bits per heavy atom. The van der Waals surface area contributed by atoms with Crippen LogP contribution in [0.25, 0.3) is 0 Å². The van der Waals surface area contributed by atoms with Crippen molar-refractivity contribution in [2.75, 3.05) is 23.8 Å². The lowest BCUT2D eigenvalue weighted by atomic mass is 10.2. The molecule has 0 radical (unpaired) electrons. The van der Waals surface area contributed by atoms with E-state index in [4.69, 9.17) is 21.7 Å². The van der Waals surface area contributed by atoms with E-state index in [9.17, 15) is 9.59 Å². The third kappa shape index (κ3) is 7.65. The molecule has 0 fully saturated rings. The van der Waals surface area contributed by atoms with Crippen molar-refractivity contribution in [3.05, 3.63) is 120 Å². The predicted molar refractivity (Wildman–Crippen MR) is 148 cm³/mol. The predicted octanol–water partition coefficient (Wildman–Crippen LogP) is 5.52. The number of hydrogen-bond donors (Lipinski definition) is 3. The Morgan fingerprint density at radius 2 is 1.30 bits per heavy atom. The summed E-state index contributed by atoms with van der Waals surface area (Å²) in [5, 5.41) is 8.54. The zero-order chi connectivity index (χ0) is 25.9. The average molecular weight is 512 g/mol. The van der Waals surface area contributed by atoms with Crippen LogP contribution in [0.2, 0.25) is 0 Å². The Bertz CT molecular complexity index is 1360. The third-order valence-electron chi connectivity index (χ3n) is 5.13. The maximum absolute atomic E-state index is 12.9. The van der Waals surface area contributed by atoms with E-state index in [1.807, 2.05) is 60.7 Å². The first-order chi connectivity index (χ1) is 18.1. The number of rotatable bonds is 9.